The van der Waals surface area contributed by atoms with E-state index in [1.165, 1.54) is 31.2 Å². The van der Waals surface area contributed by atoms with Crippen LogP contribution < -0.4 is 25.0 Å². The van der Waals surface area contributed by atoms with Gasteiger partial charge in [-0.1, -0.05) is 12.1 Å². The molecule has 2 N–H and O–H groups in total. The molecule has 0 atom stereocenters. The molecule has 1 fully saturated rings. The van der Waals surface area contributed by atoms with Gasteiger partial charge in [-0.3, -0.25) is 0 Å². The van der Waals surface area contributed by atoms with Gasteiger partial charge in [-0.2, -0.15) is 4.98 Å². The Kier molecular flexibility index (Phi) is 8.06. The average Bonchev–Trinajstić information content (AvgIpc) is 2.84. The molecule has 7 nitrogen and oxygen atoms in total. The molecule has 0 bridgehead atoms. The summed E-state index contributed by atoms with van der Waals surface area (Å²) in [6.45, 7) is 0.818. The summed E-state index contributed by atoms with van der Waals surface area (Å²) in [5.41, 5.74) is 2.16. The molecule has 1 aliphatic carbocycles. The molecular formula is C27H37N5O2. The number of benzene rings is 2. The summed E-state index contributed by atoms with van der Waals surface area (Å²) >= 11 is 0. The van der Waals surface area contributed by atoms with Crippen LogP contribution in [0.4, 0.5) is 11.8 Å². The summed E-state index contributed by atoms with van der Waals surface area (Å²) in [6.07, 6.45) is 6.93. The highest BCUT2D eigenvalue weighted by Crippen LogP contribution is 2.26. The highest BCUT2D eigenvalue weighted by Gasteiger charge is 2.18. The van der Waals surface area contributed by atoms with Crippen LogP contribution in [0.3, 0.4) is 0 Å². The summed E-state index contributed by atoms with van der Waals surface area (Å²) < 4.78 is 10.8. The molecule has 0 spiro atoms. The summed E-state index contributed by atoms with van der Waals surface area (Å²) in [6, 6.07) is 15.2. The van der Waals surface area contributed by atoms with Crippen LogP contribution in [0.5, 0.6) is 11.5 Å². The van der Waals surface area contributed by atoms with Gasteiger partial charge >= 0.3 is 0 Å². The van der Waals surface area contributed by atoms with Crippen molar-refractivity contribution in [1.29, 1.82) is 0 Å². The first-order valence-electron chi connectivity index (χ1n) is 12.2. The number of nitrogens with zero attached hydrogens (tertiary/aromatic N) is 3. The van der Waals surface area contributed by atoms with E-state index in [1.54, 1.807) is 14.2 Å². The summed E-state index contributed by atoms with van der Waals surface area (Å²) in [5, 5.41) is 8.47. The second-order valence-corrected chi connectivity index (χ2v) is 9.28. The molecule has 0 saturated heterocycles. The maximum absolute atomic E-state index is 5.40. The van der Waals surface area contributed by atoms with Crippen LogP contribution >= 0.6 is 0 Å². The lowest BCUT2D eigenvalue weighted by Gasteiger charge is -2.26. The number of methoxy groups -OCH3 is 2. The first kappa shape index (κ1) is 24.1. The Balaban J connectivity index is 1.33. The molecule has 1 heterocycles. The second-order valence-electron chi connectivity index (χ2n) is 9.28. The van der Waals surface area contributed by atoms with Crippen molar-refractivity contribution in [1.82, 2.24) is 15.3 Å². The lowest BCUT2D eigenvalue weighted by Crippen LogP contribution is -2.32. The second kappa shape index (κ2) is 11.4. The molecule has 0 amide bonds. The number of aromatic nitrogens is 2. The Bertz CT molecular complexity index is 1060. The fourth-order valence-corrected chi connectivity index (χ4v) is 4.74. The minimum absolute atomic E-state index is 0.403. The molecule has 1 aromatic heterocycles. The number of rotatable bonds is 8. The van der Waals surface area contributed by atoms with Gasteiger partial charge in [0.05, 0.1) is 19.7 Å². The van der Waals surface area contributed by atoms with Crippen molar-refractivity contribution in [2.45, 2.75) is 57.2 Å². The Hall–Kier alpha value is -3.06. The zero-order valence-corrected chi connectivity index (χ0v) is 20.8. The quantitative estimate of drug-likeness (QED) is 0.487. The highest BCUT2D eigenvalue weighted by atomic mass is 16.5. The van der Waals surface area contributed by atoms with E-state index in [1.807, 2.05) is 32.3 Å². The summed E-state index contributed by atoms with van der Waals surface area (Å²) in [4.78, 5) is 11.7. The standard InChI is InChI=1S/C27H37N5O2/c1-32(2)26-24-13-5-6-14-25(24)30-27(31-26)29-21-11-7-9-20(10-8-12-21)28-18-19-15-22(33-3)17-23(16-19)34-4/h5-6,13-17,20-21,28H,7-12,18H2,1-4H3,(H,29,30,31). The van der Waals surface area contributed by atoms with Crippen molar-refractivity contribution in [3.63, 3.8) is 0 Å². The topological polar surface area (TPSA) is 71.5 Å². The first-order chi connectivity index (χ1) is 16.6. The Morgan fingerprint density at radius 2 is 1.53 bits per heavy atom. The molecule has 3 aromatic rings. The molecule has 1 saturated carbocycles. The van der Waals surface area contributed by atoms with Gasteiger partial charge in [-0.15, -0.1) is 0 Å². The number of hydrogen-bond acceptors (Lipinski definition) is 7. The predicted molar refractivity (Wildman–Crippen MR) is 139 cm³/mol. The van der Waals surface area contributed by atoms with Gasteiger partial charge in [0.1, 0.15) is 17.3 Å². The number of anilines is 2. The number of para-hydroxylation sites is 1. The Morgan fingerprint density at radius 3 is 2.18 bits per heavy atom. The van der Waals surface area contributed by atoms with Crippen LogP contribution in [0, 0.1) is 0 Å². The fraction of sp³-hybridized carbons (Fsp3) is 0.481. The Morgan fingerprint density at radius 1 is 0.882 bits per heavy atom. The molecular weight excluding hydrogens is 426 g/mol. The van der Waals surface area contributed by atoms with Crippen molar-refractivity contribution in [2.24, 2.45) is 0 Å². The first-order valence-corrected chi connectivity index (χ1v) is 12.2. The zero-order valence-electron chi connectivity index (χ0n) is 20.8. The summed E-state index contributed by atoms with van der Waals surface area (Å²) in [5.74, 6) is 3.35. The molecule has 0 aliphatic heterocycles. The third kappa shape index (κ3) is 6.08. The largest absolute Gasteiger partial charge is 0.497 e. The average molecular weight is 464 g/mol. The molecule has 34 heavy (non-hydrogen) atoms. The molecule has 0 radical (unpaired) electrons. The van der Waals surface area contributed by atoms with Gasteiger partial charge in [-0.25, -0.2) is 4.98 Å². The van der Waals surface area contributed by atoms with E-state index in [9.17, 15) is 0 Å². The van der Waals surface area contributed by atoms with E-state index in [0.29, 0.717) is 12.1 Å². The van der Waals surface area contributed by atoms with Crippen LogP contribution in [0.2, 0.25) is 0 Å². The van der Waals surface area contributed by atoms with Crippen LogP contribution in [-0.4, -0.2) is 50.4 Å². The highest BCUT2D eigenvalue weighted by molar-refractivity contribution is 5.90. The van der Waals surface area contributed by atoms with Gasteiger partial charge < -0.3 is 25.0 Å². The molecule has 0 unspecified atom stereocenters. The molecule has 1 aliphatic rings. The van der Waals surface area contributed by atoms with Crippen LogP contribution in [-0.2, 0) is 6.54 Å². The van der Waals surface area contributed by atoms with E-state index >= 15 is 0 Å². The normalized spacial score (nSPS) is 18.7. The van der Waals surface area contributed by atoms with E-state index in [0.717, 1.165) is 53.6 Å². The monoisotopic (exact) mass is 463 g/mol. The minimum atomic E-state index is 0.403. The maximum atomic E-state index is 5.40. The van der Waals surface area contributed by atoms with Crippen molar-refractivity contribution in [3.8, 4) is 11.5 Å². The van der Waals surface area contributed by atoms with Gasteiger partial charge in [-0.05, 0) is 68.4 Å². The lowest BCUT2D eigenvalue weighted by atomic mass is 9.93. The SMILES string of the molecule is COc1cc(CNC2CCCC(Nc3nc(N(C)C)c4ccccc4n3)CCC2)cc(OC)c1. The predicted octanol–water partition coefficient (Wildman–Crippen LogP) is 5.01. The van der Waals surface area contributed by atoms with Crippen molar-refractivity contribution >= 4 is 22.7 Å². The van der Waals surface area contributed by atoms with Gasteiger partial charge in [0, 0.05) is 44.2 Å². The van der Waals surface area contributed by atoms with Crippen molar-refractivity contribution in [2.75, 3.05) is 38.5 Å². The molecule has 7 heteroatoms. The molecule has 182 valence electrons. The smallest absolute Gasteiger partial charge is 0.225 e. The fourth-order valence-electron chi connectivity index (χ4n) is 4.74. The van der Waals surface area contributed by atoms with E-state index < -0.39 is 0 Å². The zero-order chi connectivity index (χ0) is 23.9. The van der Waals surface area contributed by atoms with Gasteiger partial charge in [0.2, 0.25) is 5.95 Å². The third-order valence-electron chi connectivity index (χ3n) is 6.56. The summed E-state index contributed by atoms with van der Waals surface area (Å²) in [7, 11) is 7.44. The minimum Gasteiger partial charge on any atom is -0.497 e. The number of fused-ring (bicyclic) bond motifs is 1. The lowest BCUT2D eigenvalue weighted by molar-refractivity contribution is 0.373. The maximum Gasteiger partial charge on any atom is 0.225 e. The number of hydrogen-bond donors (Lipinski definition) is 2. The van der Waals surface area contributed by atoms with Crippen molar-refractivity contribution < 1.29 is 9.47 Å². The van der Waals surface area contributed by atoms with Gasteiger partial charge in [0.15, 0.2) is 0 Å². The Labute approximate surface area is 202 Å². The van der Waals surface area contributed by atoms with E-state index in [2.05, 4.69) is 39.8 Å². The van der Waals surface area contributed by atoms with Crippen LogP contribution in [0.25, 0.3) is 10.9 Å². The van der Waals surface area contributed by atoms with Crippen LogP contribution in [0.15, 0.2) is 42.5 Å². The third-order valence-corrected chi connectivity index (χ3v) is 6.56. The van der Waals surface area contributed by atoms with E-state index in [-0.39, 0.29) is 0 Å². The van der Waals surface area contributed by atoms with E-state index in [4.69, 9.17) is 19.4 Å². The van der Waals surface area contributed by atoms with Crippen molar-refractivity contribution in [3.05, 3.63) is 48.0 Å². The van der Waals surface area contributed by atoms with Gasteiger partial charge in [0.25, 0.3) is 0 Å². The molecule has 2 aromatic carbocycles. The number of nitrogens with one attached hydrogen (secondary N) is 2. The van der Waals surface area contributed by atoms with Crippen LogP contribution in [0.1, 0.15) is 44.1 Å². The molecule has 4 rings (SSSR count). The number of ether oxygens (including phenoxy) is 2.